The van der Waals surface area contributed by atoms with Crippen LogP contribution in [0.5, 0.6) is 5.75 Å². The highest BCUT2D eigenvalue weighted by molar-refractivity contribution is 6.28. The Morgan fingerprint density at radius 3 is 2.83 bits per heavy atom. The van der Waals surface area contributed by atoms with Crippen molar-refractivity contribution >= 4 is 34.0 Å². The molecule has 4 rings (SSSR count). The van der Waals surface area contributed by atoms with E-state index in [2.05, 4.69) is 33.1 Å². The molecule has 0 atom stereocenters. The Bertz CT molecular complexity index is 897. The number of aryl methyl sites for hydroxylation is 1. The molecular weight excluding hydrogens is 322 g/mol. The number of anilines is 2. The summed E-state index contributed by atoms with van der Waals surface area (Å²) in [6, 6.07) is 14.2. The third-order valence-corrected chi connectivity index (χ3v) is 4.64. The lowest BCUT2D eigenvalue weighted by atomic mass is 10.1. The van der Waals surface area contributed by atoms with Crippen LogP contribution in [0.2, 0.25) is 5.28 Å². The minimum Gasteiger partial charge on any atom is -0.497 e. The van der Waals surface area contributed by atoms with E-state index in [1.165, 1.54) is 11.3 Å². The molecule has 122 valence electrons. The highest BCUT2D eigenvalue weighted by atomic mass is 35.5. The van der Waals surface area contributed by atoms with Gasteiger partial charge < -0.3 is 9.64 Å². The molecule has 0 radical (unpaired) electrons. The number of halogens is 1. The van der Waals surface area contributed by atoms with Gasteiger partial charge in [-0.1, -0.05) is 12.1 Å². The molecule has 0 fully saturated rings. The second-order valence-corrected chi connectivity index (χ2v) is 6.27. The lowest BCUT2D eigenvalue weighted by Gasteiger charge is -2.25. The monoisotopic (exact) mass is 339 g/mol. The number of ether oxygens (including phenoxy) is 1. The SMILES string of the molecule is COc1ccc2c(c1)CCCCN2c1nc(Cl)nc2ccccc12. The predicted molar refractivity (Wildman–Crippen MR) is 97.5 cm³/mol. The van der Waals surface area contributed by atoms with Crippen molar-refractivity contribution in [3.8, 4) is 5.75 Å². The smallest absolute Gasteiger partial charge is 0.224 e. The third-order valence-electron chi connectivity index (χ3n) is 4.47. The maximum Gasteiger partial charge on any atom is 0.224 e. The Kier molecular flexibility index (Phi) is 3.98. The summed E-state index contributed by atoms with van der Waals surface area (Å²) < 4.78 is 5.39. The zero-order valence-corrected chi connectivity index (χ0v) is 14.3. The Labute approximate surface area is 146 Å². The Hall–Kier alpha value is -2.33. The van der Waals surface area contributed by atoms with Gasteiger partial charge in [0.2, 0.25) is 5.28 Å². The van der Waals surface area contributed by atoms with Crippen LogP contribution in [0.15, 0.2) is 42.5 Å². The van der Waals surface area contributed by atoms with E-state index in [1.807, 2.05) is 24.3 Å². The van der Waals surface area contributed by atoms with Crippen LogP contribution in [0.3, 0.4) is 0 Å². The lowest BCUT2D eigenvalue weighted by Crippen LogP contribution is -2.20. The van der Waals surface area contributed by atoms with Gasteiger partial charge >= 0.3 is 0 Å². The maximum atomic E-state index is 6.19. The van der Waals surface area contributed by atoms with Gasteiger partial charge in [-0.15, -0.1) is 0 Å². The maximum absolute atomic E-state index is 6.19. The van der Waals surface area contributed by atoms with Gasteiger partial charge in [-0.25, -0.2) is 4.98 Å². The highest BCUT2D eigenvalue weighted by Gasteiger charge is 2.21. The molecule has 0 bridgehead atoms. The molecular formula is C19H18ClN3O. The van der Waals surface area contributed by atoms with Crippen LogP contribution in [-0.4, -0.2) is 23.6 Å². The molecule has 1 aromatic heterocycles. The molecule has 3 aromatic rings. The summed E-state index contributed by atoms with van der Waals surface area (Å²) in [6.07, 6.45) is 3.29. The van der Waals surface area contributed by atoms with Crippen molar-refractivity contribution in [3.63, 3.8) is 0 Å². The van der Waals surface area contributed by atoms with E-state index >= 15 is 0 Å². The van der Waals surface area contributed by atoms with Crippen LogP contribution in [0.4, 0.5) is 11.5 Å². The summed E-state index contributed by atoms with van der Waals surface area (Å²) in [4.78, 5) is 11.2. The summed E-state index contributed by atoms with van der Waals surface area (Å²) in [7, 11) is 1.70. The molecule has 0 saturated carbocycles. The zero-order chi connectivity index (χ0) is 16.5. The minimum absolute atomic E-state index is 0.281. The number of fused-ring (bicyclic) bond motifs is 2. The molecule has 0 amide bonds. The molecule has 1 aliphatic rings. The average molecular weight is 340 g/mol. The number of hydrogen-bond acceptors (Lipinski definition) is 4. The van der Waals surface area contributed by atoms with Crippen LogP contribution in [-0.2, 0) is 6.42 Å². The number of hydrogen-bond donors (Lipinski definition) is 0. The Morgan fingerprint density at radius 1 is 1.08 bits per heavy atom. The summed E-state index contributed by atoms with van der Waals surface area (Å²) in [5.74, 6) is 1.76. The summed E-state index contributed by atoms with van der Waals surface area (Å²) in [5, 5.41) is 1.30. The van der Waals surface area contributed by atoms with Gasteiger partial charge in [-0.05, 0) is 66.8 Å². The Morgan fingerprint density at radius 2 is 1.96 bits per heavy atom. The fourth-order valence-corrected chi connectivity index (χ4v) is 3.49. The molecule has 0 unspecified atom stereocenters. The normalized spacial score (nSPS) is 14.3. The van der Waals surface area contributed by atoms with Crippen molar-refractivity contribution in [1.29, 1.82) is 0 Å². The van der Waals surface area contributed by atoms with Crippen molar-refractivity contribution in [2.75, 3.05) is 18.6 Å². The second kappa shape index (κ2) is 6.29. The quantitative estimate of drug-likeness (QED) is 0.630. The highest BCUT2D eigenvalue weighted by Crippen LogP contribution is 2.37. The van der Waals surface area contributed by atoms with Gasteiger partial charge in [0.05, 0.1) is 12.6 Å². The average Bonchev–Trinajstić information content (AvgIpc) is 2.82. The number of methoxy groups -OCH3 is 1. The molecule has 24 heavy (non-hydrogen) atoms. The molecule has 2 heterocycles. The Balaban J connectivity index is 1.91. The number of nitrogens with zero attached hydrogens (tertiary/aromatic N) is 3. The molecule has 5 heteroatoms. The molecule has 2 aromatic carbocycles. The number of aromatic nitrogens is 2. The minimum atomic E-state index is 0.281. The van der Waals surface area contributed by atoms with Gasteiger partial charge in [-0.2, -0.15) is 4.98 Å². The second-order valence-electron chi connectivity index (χ2n) is 5.94. The first kappa shape index (κ1) is 15.2. The van der Waals surface area contributed by atoms with Crippen molar-refractivity contribution in [1.82, 2.24) is 9.97 Å². The fraction of sp³-hybridized carbons (Fsp3) is 0.263. The van der Waals surface area contributed by atoms with Gasteiger partial charge in [-0.3, -0.25) is 0 Å². The summed E-state index contributed by atoms with van der Waals surface area (Å²) in [5.41, 5.74) is 3.32. The van der Waals surface area contributed by atoms with Crippen LogP contribution < -0.4 is 9.64 Å². The first-order valence-electron chi connectivity index (χ1n) is 8.13. The van der Waals surface area contributed by atoms with E-state index in [0.29, 0.717) is 0 Å². The van der Waals surface area contributed by atoms with E-state index in [0.717, 1.165) is 48.3 Å². The van der Waals surface area contributed by atoms with Crippen LogP contribution in [0.25, 0.3) is 10.9 Å². The molecule has 4 nitrogen and oxygen atoms in total. The standard InChI is InChI=1S/C19H18ClN3O/c1-24-14-9-10-17-13(12-14)6-4-5-11-23(17)18-15-7-2-3-8-16(15)21-19(20)22-18/h2-3,7-10,12H,4-6,11H2,1H3. The number of rotatable bonds is 2. The first-order chi connectivity index (χ1) is 11.8. The van der Waals surface area contributed by atoms with E-state index in [1.54, 1.807) is 7.11 Å². The lowest BCUT2D eigenvalue weighted by molar-refractivity contribution is 0.414. The van der Waals surface area contributed by atoms with Crippen molar-refractivity contribution < 1.29 is 4.74 Å². The largest absolute Gasteiger partial charge is 0.497 e. The van der Waals surface area contributed by atoms with Crippen molar-refractivity contribution in [3.05, 3.63) is 53.3 Å². The molecule has 0 spiro atoms. The molecule has 0 aliphatic carbocycles. The van der Waals surface area contributed by atoms with Gasteiger partial charge in [0, 0.05) is 17.6 Å². The van der Waals surface area contributed by atoms with Crippen molar-refractivity contribution in [2.24, 2.45) is 0 Å². The van der Waals surface area contributed by atoms with Gasteiger partial charge in [0.15, 0.2) is 0 Å². The van der Waals surface area contributed by atoms with E-state index in [4.69, 9.17) is 16.3 Å². The van der Waals surface area contributed by atoms with E-state index in [9.17, 15) is 0 Å². The number of para-hydroxylation sites is 1. The van der Waals surface area contributed by atoms with E-state index < -0.39 is 0 Å². The fourth-order valence-electron chi connectivity index (χ4n) is 3.32. The topological polar surface area (TPSA) is 38.2 Å². The van der Waals surface area contributed by atoms with Crippen LogP contribution >= 0.6 is 11.6 Å². The van der Waals surface area contributed by atoms with E-state index in [-0.39, 0.29) is 5.28 Å². The van der Waals surface area contributed by atoms with Gasteiger partial charge in [0.25, 0.3) is 0 Å². The summed E-state index contributed by atoms with van der Waals surface area (Å²) >= 11 is 6.19. The molecule has 0 N–H and O–H groups in total. The molecule has 1 aliphatic heterocycles. The first-order valence-corrected chi connectivity index (χ1v) is 8.51. The number of benzene rings is 2. The molecule has 0 saturated heterocycles. The zero-order valence-electron chi connectivity index (χ0n) is 13.5. The van der Waals surface area contributed by atoms with Crippen molar-refractivity contribution in [2.45, 2.75) is 19.3 Å². The third kappa shape index (κ3) is 2.67. The predicted octanol–water partition coefficient (Wildman–Crippen LogP) is 4.77. The van der Waals surface area contributed by atoms with Crippen LogP contribution in [0, 0.1) is 0 Å². The van der Waals surface area contributed by atoms with Gasteiger partial charge in [0.1, 0.15) is 11.6 Å². The summed E-state index contributed by atoms with van der Waals surface area (Å²) in [6.45, 7) is 0.913. The van der Waals surface area contributed by atoms with Crippen LogP contribution in [0.1, 0.15) is 18.4 Å².